The second kappa shape index (κ2) is 28.8. The van der Waals surface area contributed by atoms with Gasteiger partial charge in [0, 0.05) is 76.2 Å². The zero-order valence-corrected chi connectivity index (χ0v) is 48.8. The zero-order chi connectivity index (χ0) is 58.5. The molecule has 2 aromatic carbocycles. The Balaban J connectivity index is 0.000000171. The van der Waals surface area contributed by atoms with Crippen LogP contribution in [0.1, 0.15) is 139 Å². The van der Waals surface area contributed by atoms with Crippen LogP contribution >= 0.6 is 0 Å². The molecule has 440 valence electrons. The molecule has 1 aliphatic carbocycles. The number of aromatic hydroxyl groups is 1. The number of carbonyl (C=O) groups is 2. The predicted octanol–water partition coefficient (Wildman–Crippen LogP) is 8.48. The molecule has 19 heteroatoms. The number of halogens is 1. The first-order chi connectivity index (χ1) is 39.5. The molecule has 0 radical (unpaired) electrons. The van der Waals surface area contributed by atoms with Crippen molar-refractivity contribution >= 4 is 29.6 Å². The summed E-state index contributed by atoms with van der Waals surface area (Å²) in [4.78, 5) is 33.7. The van der Waals surface area contributed by atoms with E-state index < -0.39 is 11.9 Å². The van der Waals surface area contributed by atoms with Gasteiger partial charge in [-0.1, -0.05) is 73.7 Å². The van der Waals surface area contributed by atoms with E-state index >= 15 is 4.39 Å². The average molecular weight is 1120 g/mol. The van der Waals surface area contributed by atoms with E-state index in [0.717, 1.165) is 121 Å². The van der Waals surface area contributed by atoms with Gasteiger partial charge < -0.3 is 55.6 Å². The van der Waals surface area contributed by atoms with Crippen molar-refractivity contribution in [3.05, 3.63) is 113 Å². The van der Waals surface area contributed by atoms with Crippen LogP contribution in [0.25, 0.3) is 11.3 Å². The number of para-hydroxylation sites is 1. The maximum atomic E-state index is 15.1. The van der Waals surface area contributed by atoms with Crippen molar-refractivity contribution in [1.82, 2.24) is 44.7 Å². The summed E-state index contributed by atoms with van der Waals surface area (Å²) in [6.45, 7) is 15.9. The quantitative estimate of drug-likeness (QED) is 0.0236. The van der Waals surface area contributed by atoms with Gasteiger partial charge in [-0.15, -0.1) is 0 Å². The van der Waals surface area contributed by atoms with Crippen LogP contribution in [-0.4, -0.2) is 151 Å². The SMILES string of the molecule is CC(C)C(C(=O)N1CCCC1C=O)c1cc(N2CCC(CN3CCC(O)CC3)CC2)no1.CC(C1CCN(C2CCC2)CC1)n1ncc(C#C/C(=C/C(=N)c2ccccc2O)C(=N)N)c1F.CNC(C)c1ccc(-c2ccnn2C)cc1. The smallest absolute Gasteiger partial charge is 0.234 e. The van der Waals surface area contributed by atoms with Crippen LogP contribution < -0.4 is 16.0 Å². The highest BCUT2D eigenvalue weighted by atomic mass is 19.1. The Labute approximate surface area is 483 Å². The van der Waals surface area contributed by atoms with Crippen LogP contribution in [0.15, 0.2) is 89.2 Å². The summed E-state index contributed by atoms with van der Waals surface area (Å²) in [5.74, 6) is 6.59. The number of piperidine rings is 3. The monoisotopic (exact) mass is 1120 g/mol. The summed E-state index contributed by atoms with van der Waals surface area (Å²) in [6, 6.07) is 19.7. The van der Waals surface area contributed by atoms with Crippen LogP contribution in [0.3, 0.4) is 0 Å². The number of aliphatic hydroxyl groups excluding tert-OH is 1. The number of aryl methyl sites for hydroxylation is 1. The number of hydrogen-bond donors (Lipinski definition) is 6. The Morgan fingerprint density at radius 2 is 1.61 bits per heavy atom. The molecule has 1 amide bonds. The van der Waals surface area contributed by atoms with Crippen LogP contribution in [0, 0.1) is 46.4 Å². The normalized spacial score (nSPS) is 19.9. The third kappa shape index (κ3) is 15.4. The zero-order valence-electron chi connectivity index (χ0n) is 48.8. The fraction of sp³-hybridized carbons (Fsp3) is 0.540. The van der Waals surface area contributed by atoms with Gasteiger partial charge in [0.25, 0.3) is 0 Å². The van der Waals surface area contributed by atoms with Crippen molar-refractivity contribution < 1.29 is 28.7 Å². The van der Waals surface area contributed by atoms with Gasteiger partial charge in [-0.2, -0.15) is 14.6 Å². The van der Waals surface area contributed by atoms with E-state index in [9.17, 15) is 19.8 Å². The highest BCUT2D eigenvalue weighted by molar-refractivity contribution is 6.14. The fourth-order valence-corrected chi connectivity index (χ4v) is 11.9. The van der Waals surface area contributed by atoms with E-state index in [1.807, 2.05) is 57.9 Å². The Morgan fingerprint density at radius 1 is 0.902 bits per heavy atom. The van der Waals surface area contributed by atoms with E-state index in [4.69, 9.17) is 21.1 Å². The second-order valence-electron chi connectivity index (χ2n) is 23.3. The van der Waals surface area contributed by atoms with E-state index in [1.165, 1.54) is 53.4 Å². The number of allylic oxidation sites excluding steroid dienone is 1. The predicted molar refractivity (Wildman–Crippen MR) is 318 cm³/mol. The summed E-state index contributed by atoms with van der Waals surface area (Å²) in [5, 5.41) is 51.6. The van der Waals surface area contributed by atoms with Gasteiger partial charge in [-0.3, -0.25) is 14.9 Å². The van der Waals surface area contributed by atoms with E-state index in [1.54, 1.807) is 23.1 Å². The Hall–Kier alpha value is -6.98. The first-order valence-corrected chi connectivity index (χ1v) is 29.6. The van der Waals surface area contributed by atoms with Crippen LogP contribution in [0.2, 0.25) is 0 Å². The number of hydrogen-bond acceptors (Lipinski definition) is 14. The lowest BCUT2D eigenvalue weighted by Gasteiger charge is -2.42. The molecule has 4 saturated heterocycles. The number of aliphatic hydroxyl groups is 1. The Morgan fingerprint density at radius 3 is 2.22 bits per heavy atom. The van der Waals surface area contributed by atoms with Crippen molar-refractivity contribution in [2.45, 2.75) is 135 Å². The average Bonchev–Trinajstić information content (AvgIpc) is 4.39. The molecule has 7 N–H and O–H groups in total. The van der Waals surface area contributed by atoms with Gasteiger partial charge in [0.05, 0.1) is 46.9 Å². The minimum atomic E-state index is -0.500. The molecule has 0 spiro atoms. The third-order valence-corrected chi connectivity index (χ3v) is 17.5. The molecule has 5 aliphatic rings. The maximum Gasteiger partial charge on any atom is 0.234 e. The number of rotatable bonds is 16. The number of phenolic OH excluding ortho intramolecular Hbond substituents is 1. The number of aldehydes is 1. The number of nitrogens with two attached hydrogens (primary N) is 1. The number of nitrogens with zero attached hydrogens (tertiary/aromatic N) is 9. The summed E-state index contributed by atoms with van der Waals surface area (Å²) < 4.78 is 24.1. The number of phenols is 1. The van der Waals surface area contributed by atoms with Gasteiger partial charge in [0.1, 0.15) is 23.8 Å². The summed E-state index contributed by atoms with van der Waals surface area (Å²) >= 11 is 0. The molecule has 0 bridgehead atoms. The van der Waals surface area contributed by atoms with Crippen molar-refractivity contribution in [2.24, 2.45) is 30.5 Å². The maximum absolute atomic E-state index is 15.1. The molecule has 82 heavy (non-hydrogen) atoms. The summed E-state index contributed by atoms with van der Waals surface area (Å²) in [5.41, 5.74) is 9.72. The highest BCUT2D eigenvalue weighted by Crippen LogP contribution is 2.36. The fourth-order valence-electron chi connectivity index (χ4n) is 11.9. The molecule has 10 rings (SSSR count). The summed E-state index contributed by atoms with van der Waals surface area (Å²) in [7, 11) is 3.93. The highest BCUT2D eigenvalue weighted by Gasteiger charge is 2.38. The van der Waals surface area contributed by atoms with Crippen LogP contribution in [0.4, 0.5) is 10.2 Å². The number of amides is 1. The Bertz CT molecular complexity index is 3000. The molecule has 4 unspecified atom stereocenters. The number of benzene rings is 2. The van der Waals surface area contributed by atoms with Crippen LogP contribution in [0.5, 0.6) is 5.75 Å². The van der Waals surface area contributed by atoms with E-state index in [2.05, 4.69) is 78.4 Å². The molecule has 4 atom stereocenters. The molecule has 18 nitrogen and oxygen atoms in total. The molecule has 4 aliphatic heterocycles. The molecule has 7 heterocycles. The van der Waals surface area contributed by atoms with Gasteiger partial charge >= 0.3 is 0 Å². The largest absolute Gasteiger partial charge is 0.507 e. The third-order valence-electron chi connectivity index (χ3n) is 17.5. The second-order valence-corrected chi connectivity index (χ2v) is 23.3. The minimum absolute atomic E-state index is 0.0253. The number of anilines is 1. The molecular weight excluding hydrogens is 1040 g/mol. The van der Waals surface area contributed by atoms with Crippen molar-refractivity contribution in [1.29, 1.82) is 10.8 Å². The van der Waals surface area contributed by atoms with Crippen LogP contribution in [-0.2, 0) is 16.6 Å². The number of nitrogens with one attached hydrogen (secondary N) is 3. The molecule has 1 saturated carbocycles. The summed E-state index contributed by atoms with van der Waals surface area (Å²) in [6.07, 6.45) is 16.9. The Kier molecular flexibility index (Phi) is 21.5. The molecular formula is C63H86FN13O5. The van der Waals surface area contributed by atoms with Crippen molar-refractivity contribution in [3.63, 3.8) is 0 Å². The van der Waals surface area contributed by atoms with E-state index in [-0.39, 0.29) is 58.4 Å². The number of carbonyl (C=O) groups excluding carboxylic acids is 2. The lowest BCUT2D eigenvalue weighted by Crippen LogP contribution is -2.45. The lowest BCUT2D eigenvalue weighted by molar-refractivity contribution is -0.137. The minimum Gasteiger partial charge on any atom is -0.507 e. The van der Waals surface area contributed by atoms with Crippen molar-refractivity contribution in [2.75, 3.05) is 64.3 Å². The first kappa shape index (κ1) is 61.1. The first-order valence-electron chi connectivity index (χ1n) is 29.6. The molecule has 5 aromatic rings. The van der Waals surface area contributed by atoms with Crippen molar-refractivity contribution in [3.8, 4) is 28.8 Å². The van der Waals surface area contributed by atoms with E-state index in [0.29, 0.717) is 35.7 Å². The molecule has 3 aromatic heterocycles. The molecule has 5 fully saturated rings. The van der Waals surface area contributed by atoms with Gasteiger partial charge in [0.2, 0.25) is 11.9 Å². The number of amidine groups is 1. The standard InChI is InChI=1S/C26H31FN6O.C24H38N4O4.C13H17N3/c1-17(18-11-13-32(14-12-18)21-5-4-6-21)33-25(27)20(16-31-33)10-9-19(26(29)30)15-23(28)22-7-2-3-8-24(22)34;1-17(2)23(24(31)28-9-3-4-19(28)16-29)21-14-22(25-32-21)27-12-5-18(6-13-27)15-26-10-7-20(30)8-11-26;1-10(14-2)11-4-6-12(7-5-11)13-8-9-15-16(13)3/h2-3,7-8,15-18,21,28,34H,4-6,11-14H2,1H3,(H3,29,30);14,16-20,23,30H,3-13,15H2,1-2H3;4-10,14H,1-3H3/b19-15-,28-23?;;. The number of likely N-dealkylation sites (tertiary alicyclic amines) is 3. The lowest BCUT2D eigenvalue weighted by atomic mass is 9.85. The van der Waals surface area contributed by atoms with Gasteiger partial charge in [0.15, 0.2) is 11.6 Å². The number of aromatic nitrogens is 5. The van der Waals surface area contributed by atoms with Gasteiger partial charge in [-0.05, 0) is 151 Å². The topological polar surface area (TPSA) is 235 Å². The van der Waals surface area contributed by atoms with Gasteiger partial charge in [-0.25, -0.2) is 4.68 Å².